The Morgan fingerprint density at radius 2 is 1.64 bits per heavy atom. The number of aliphatic carboxylic acids is 2. The molecule has 0 radical (unpaired) electrons. The predicted octanol–water partition coefficient (Wildman–Crippen LogP) is 5.56. The Morgan fingerprint density at radius 1 is 0.925 bits per heavy atom. The Balaban J connectivity index is 2.87. The second-order valence-electron chi connectivity index (χ2n) is 13.5. The van der Waals surface area contributed by atoms with E-state index in [1.54, 1.807) is 31.4 Å². The molecule has 8 N–H and O–H groups in total. The molecule has 9 atom stereocenters. The zero-order valence-corrected chi connectivity index (χ0v) is 32.2. The summed E-state index contributed by atoms with van der Waals surface area (Å²) in [5, 5.41) is 62.8. The number of carbonyl (C=O) groups is 2. The third kappa shape index (κ3) is 19.6. The molecule has 0 aliphatic carbocycles. The second-order valence-corrected chi connectivity index (χ2v) is 13.5. The Labute approximate surface area is 315 Å². The Kier molecular flexibility index (Phi) is 23.7. The van der Waals surface area contributed by atoms with Crippen LogP contribution in [0.2, 0.25) is 0 Å². The van der Waals surface area contributed by atoms with E-state index in [1.807, 2.05) is 26.0 Å². The fourth-order valence-corrected chi connectivity index (χ4v) is 5.45. The third-order valence-electron chi connectivity index (χ3n) is 8.63. The summed E-state index contributed by atoms with van der Waals surface area (Å²) in [6, 6.07) is 0. The highest BCUT2D eigenvalue weighted by atomic mass is 16.7. The van der Waals surface area contributed by atoms with Gasteiger partial charge < -0.3 is 45.6 Å². The number of unbranched alkanes of at least 4 members (excludes halogenated alkanes) is 2. The standard InChI is InChI=1S/C41H63N3O9/c1-28(21-15-12-13-20-26-44-41(42)43-6)22-16-14-17-23-29(2)27-32(5)36(52-40-35(47)33(45)34(46)37(53-40)39(50)51)30(3)24-18-10-8-7-9-11-19-25-31(4)38(48)49/h7,10-12,15-16,18-19,22,24-25,27-30,33-37,40,45-47H,9,13-14,17,20-21,23,26H2,1-6H3,(H,48,49)(H,50,51)(H3,42,43,44). The number of hydrogen-bond acceptors (Lipinski definition) is 8. The van der Waals surface area contributed by atoms with Crippen LogP contribution in [0.1, 0.15) is 79.6 Å². The number of allylic oxidation sites excluding steroid dienone is 10. The summed E-state index contributed by atoms with van der Waals surface area (Å²) in [6.45, 7) is 10.4. The molecule has 0 aromatic carbocycles. The number of aliphatic hydroxyl groups excluding tert-OH is 3. The van der Waals surface area contributed by atoms with E-state index in [0.29, 0.717) is 18.3 Å². The van der Waals surface area contributed by atoms with Crippen molar-refractivity contribution in [3.63, 3.8) is 0 Å². The van der Waals surface area contributed by atoms with Crippen LogP contribution in [0.25, 0.3) is 0 Å². The Hall–Kier alpha value is -4.03. The quantitative estimate of drug-likeness (QED) is 0.0124. The summed E-state index contributed by atoms with van der Waals surface area (Å²) in [4.78, 5) is 22.5. The van der Waals surface area contributed by atoms with Gasteiger partial charge in [-0.2, -0.15) is 0 Å². The molecule has 0 aromatic rings. The van der Waals surface area contributed by atoms with Gasteiger partial charge in [0.25, 0.3) is 0 Å². The number of hydrogen-bond donors (Lipinski definition) is 8. The van der Waals surface area contributed by atoms with Crippen LogP contribution >= 0.6 is 0 Å². The van der Waals surface area contributed by atoms with Crippen molar-refractivity contribution in [2.45, 2.75) is 116 Å². The van der Waals surface area contributed by atoms with Crippen LogP contribution in [0.4, 0.5) is 0 Å². The second kappa shape index (κ2) is 26.7. The van der Waals surface area contributed by atoms with Crippen molar-refractivity contribution in [3.05, 3.63) is 89.8 Å². The van der Waals surface area contributed by atoms with Crippen molar-refractivity contribution in [1.29, 1.82) is 5.41 Å². The first-order chi connectivity index (χ1) is 25.2. The van der Waals surface area contributed by atoms with E-state index in [9.17, 15) is 30.0 Å². The van der Waals surface area contributed by atoms with Gasteiger partial charge in [0.1, 0.15) is 18.3 Å². The lowest BCUT2D eigenvalue weighted by Gasteiger charge is -2.40. The predicted molar refractivity (Wildman–Crippen MR) is 208 cm³/mol. The first-order valence-electron chi connectivity index (χ1n) is 18.4. The van der Waals surface area contributed by atoms with Gasteiger partial charge in [-0.15, -0.1) is 5.73 Å². The van der Waals surface area contributed by atoms with Gasteiger partial charge in [-0.3, -0.25) is 5.41 Å². The average molecular weight is 742 g/mol. The Morgan fingerprint density at radius 3 is 2.32 bits per heavy atom. The van der Waals surface area contributed by atoms with Crippen molar-refractivity contribution in [2.24, 2.45) is 17.8 Å². The highest BCUT2D eigenvalue weighted by Gasteiger charge is 2.48. The van der Waals surface area contributed by atoms with Crippen molar-refractivity contribution < 1.29 is 44.6 Å². The minimum Gasteiger partial charge on any atom is -0.479 e. The van der Waals surface area contributed by atoms with Gasteiger partial charge in [0, 0.05) is 25.1 Å². The van der Waals surface area contributed by atoms with E-state index in [0.717, 1.165) is 50.6 Å². The van der Waals surface area contributed by atoms with Crippen LogP contribution in [0.15, 0.2) is 89.8 Å². The number of carboxylic acids is 2. The third-order valence-corrected chi connectivity index (χ3v) is 8.63. The topological polar surface area (TPSA) is 202 Å². The van der Waals surface area contributed by atoms with Gasteiger partial charge >= 0.3 is 11.9 Å². The molecule has 1 aliphatic rings. The molecule has 0 spiro atoms. The maximum Gasteiger partial charge on any atom is 0.335 e. The molecule has 296 valence electrons. The normalized spacial score (nSPS) is 23.5. The van der Waals surface area contributed by atoms with Crippen LogP contribution < -0.4 is 10.6 Å². The van der Waals surface area contributed by atoms with Gasteiger partial charge in [0.05, 0.1) is 6.10 Å². The molecular weight excluding hydrogens is 678 g/mol. The molecule has 0 amide bonds. The van der Waals surface area contributed by atoms with Gasteiger partial charge in [0.15, 0.2) is 18.4 Å². The van der Waals surface area contributed by atoms with Crippen LogP contribution in [0, 0.1) is 23.2 Å². The van der Waals surface area contributed by atoms with Gasteiger partial charge in [-0.05, 0) is 88.4 Å². The van der Waals surface area contributed by atoms with Crippen LogP contribution in [0.3, 0.4) is 0 Å². The first kappa shape index (κ1) is 47.0. The minimum absolute atomic E-state index is 0.193. The molecule has 9 unspecified atom stereocenters. The number of ether oxygens (including phenoxy) is 2. The molecule has 12 heteroatoms. The highest BCUT2D eigenvalue weighted by Crippen LogP contribution is 2.29. The molecule has 1 heterocycles. The van der Waals surface area contributed by atoms with Gasteiger partial charge in [0.2, 0.25) is 0 Å². The van der Waals surface area contributed by atoms with E-state index >= 15 is 0 Å². The van der Waals surface area contributed by atoms with E-state index in [1.165, 1.54) is 13.0 Å². The molecule has 0 aromatic heterocycles. The van der Waals surface area contributed by atoms with E-state index < -0.39 is 48.7 Å². The molecule has 12 nitrogen and oxygen atoms in total. The van der Waals surface area contributed by atoms with E-state index in [2.05, 4.69) is 60.6 Å². The van der Waals surface area contributed by atoms with E-state index in [4.69, 9.17) is 20.0 Å². The fourth-order valence-electron chi connectivity index (χ4n) is 5.45. The maximum absolute atomic E-state index is 11.7. The van der Waals surface area contributed by atoms with Crippen molar-refractivity contribution in [2.75, 3.05) is 13.6 Å². The number of nitrogens with one attached hydrogen (secondary N) is 3. The summed E-state index contributed by atoms with van der Waals surface area (Å²) >= 11 is 0. The van der Waals surface area contributed by atoms with Crippen LogP contribution in [-0.4, -0.2) is 93.8 Å². The average Bonchev–Trinajstić information content (AvgIpc) is 3.11. The summed E-state index contributed by atoms with van der Waals surface area (Å²) < 4.78 is 11.6. The number of guanidine groups is 1. The molecule has 1 fully saturated rings. The van der Waals surface area contributed by atoms with Crippen LogP contribution in [-0.2, 0) is 19.1 Å². The minimum atomic E-state index is -1.81. The van der Waals surface area contributed by atoms with Crippen molar-refractivity contribution in [1.82, 2.24) is 10.6 Å². The zero-order chi connectivity index (χ0) is 39.8. The first-order valence-corrected chi connectivity index (χ1v) is 18.4. The summed E-state index contributed by atoms with van der Waals surface area (Å²) in [7, 11) is 1.72. The summed E-state index contributed by atoms with van der Waals surface area (Å²) in [5.74, 6) is -1.75. The maximum atomic E-state index is 11.7. The van der Waals surface area contributed by atoms with Crippen molar-refractivity contribution >= 4 is 17.9 Å². The highest BCUT2D eigenvalue weighted by molar-refractivity contribution is 5.86. The number of aliphatic hydroxyl groups is 3. The smallest absolute Gasteiger partial charge is 0.335 e. The molecule has 0 bridgehead atoms. The van der Waals surface area contributed by atoms with E-state index in [-0.39, 0.29) is 17.4 Å². The zero-order valence-electron chi connectivity index (χ0n) is 32.2. The van der Waals surface area contributed by atoms with Gasteiger partial charge in [-0.25, -0.2) is 9.59 Å². The molecule has 1 saturated heterocycles. The SMILES string of the molecule is CNC(=N)NCCCC=CCC(C)C=CCCCC(C)C=C(C)C(OC1OC(C(=O)O)C(O)C(O)C1O)C(C)C=CC=C=CCC=CC=C(C)C(=O)O. The lowest BCUT2D eigenvalue weighted by molar-refractivity contribution is -0.303. The lowest BCUT2D eigenvalue weighted by atomic mass is 9.92. The Bertz CT molecular complexity index is 1380. The van der Waals surface area contributed by atoms with Gasteiger partial charge in [-0.1, -0.05) is 81.5 Å². The molecule has 0 saturated carbocycles. The largest absolute Gasteiger partial charge is 0.479 e. The monoisotopic (exact) mass is 741 g/mol. The summed E-state index contributed by atoms with van der Waals surface area (Å²) in [6.07, 6.45) is 20.3. The fraction of sp³-hybridized carbons (Fsp3) is 0.561. The summed E-state index contributed by atoms with van der Waals surface area (Å²) in [5.41, 5.74) is 4.13. The molecule has 53 heavy (non-hydrogen) atoms. The lowest BCUT2D eigenvalue weighted by Crippen LogP contribution is -2.61. The molecule has 1 aliphatic heterocycles. The van der Waals surface area contributed by atoms with Crippen LogP contribution in [0.5, 0.6) is 0 Å². The molecular formula is C41H63N3O9. The molecule has 1 rings (SSSR count). The van der Waals surface area contributed by atoms with Crippen molar-refractivity contribution in [3.8, 4) is 0 Å². The number of carboxylic acid groups (broad SMARTS) is 2. The number of rotatable bonds is 23.